The first-order valence-corrected chi connectivity index (χ1v) is 31.7. The molecule has 2 aliphatic rings. The lowest BCUT2D eigenvalue weighted by molar-refractivity contribution is -0.374. The second-order valence-electron chi connectivity index (χ2n) is 23.1. The Balaban J connectivity index is 2.04. The Labute approximate surface area is 460 Å². The van der Waals surface area contributed by atoms with Gasteiger partial charge in [-0.2, -0.15) is 8.42 Å². The number of hydrogen-bond donors (Lipinski definition) is 6. The van der Waals surface area contributed by atoms with Crippen LogP contribution in [0.3, 0.4) is 0 Å². The predicted octanol–water partition coefficient (Wildman–Crippen LogP) is 11.5. The highest BCUT2D eigenvalue weighted by atomic mass is 32.3. The molecule has 16 nitrogen and oxygen atoms in total. The van der Waals surface area contributed by atoms with Crippen LogP contribution in [0, 0.1) is 23.7 Å². The molecule has 76 heavy (non-hydrogen) atoms. The third kappa shape index (κ3) is 30.2. The van der Waals surface area contributed by atoms with Gasteiger partial charge in [0.15, 0.2) is 24.6 Å². The van der Waals surface area contributed by atoms with Crippen LogP contribution in [0.25, 0.3) is 0 Å². The molecule has 2 rings (SSSR count). The van der Waals surface area contributed by atoms with Crippen molar-refractivity contribution < 1.29 is 76.0 Å². The first-order valence-electron chi connectivity index (χ1n) is 30.3. The van der Waals surface area contributed by atoms with Gasteiger partial charge in [0.1, 0.15) is 30.5 Å². The van der Waals surface area contributed by atoms with Crippen molar-refractivity contribution in [1.29, 1.82) is 0 Å². The van der Waals surface area contributed by atoms with Crippen LogP contribution in [-0.2, 0) is 47.9 Å². The van der Waals surface area contributed by atoms with Crippen molar-refractivity contribution in [1.82, 2.24) is 0 Å². The number of rotatable bonds is 45. The number of unbranched alkanes of at least 4 members (excludes halogenated alkanes) is 25. The van der Waals surface area contributed by atoms with E-state index in [1.807, 2.05) is 6.92 Å². The number of allylic oxidation sites excluding steroid dienone is 1. The highest BCUT2D eigenvalue weighted by molar-refractivity contribution is 7.80. The van der Waals surface area contributed by atoms with Crippen LogP contribution in [0.1, 0.15) is 254 Å². The van der Waals surface area contributed by atoms with Crippen LogP contribution >= 0.6 is 0 Å². The summed E-state index contributed by atoms with van der Waals surface area (Å²) in [4.78, 5) is 27.5. The van der Waals surface area contributed by atoms with Gasteiger partial charge in [-0.1, -0.05) is 221 Å². The number of aliphatic hydroxyl groups excluding tert-OH is 5. The smallest absolute Gasteiger partial charge is 0.397 e. The predicted molar refractivity (Wildman–Crippen MR) is 296 cm³/mol. The Morgan fingerprint density at radius 3 is 1.39 bits per heavy atom. The summed E-state index contributed by atoms with van der Waals surface area (Å²) in [5.74, 6) is -0.0479. The molecule has 17 heteroatoms. The van der Waals surface area contributed by atoms with Gasteiger partial charge in [-0.05, 0) is 56.3 Å². The summed E-state index contributed by atoms with van der Waals surface area (Å²) in [5.41, 5.74) is 0.225. The van der Waals surface area contributed by atoms with Crippen molar-refractivity contribution in [3.63, 3.8) is 0 Å². The van der Waals surface area contributed by atoms with E-state index in [2.05, 4.69) is 38.8 Å². The molecule has 2 aliphatic heterocycles. The van der Waals surface area contributed by atoms with Gasteiger partial charge < -0.3 is 49.2 Å². The Morgan fingerprint density at radius 1 is 0.526 bits per heavy atom. The zero-order valence-corrected chi connectivity index (χ0v) is 49.2. The number of esters is 2. The first kappa shape index (κ1) is 70.3. The molecular formula is C59H110O16S. The fourth-order valence-corrected chi connectivity index (χ4v) is 11.7. The summed E-state index contributed by atoms with van der Waals surface area (Å²) in [5, 5.41) is 53.1. The molecule has 0 radical (unpaired) electrons. The quantitative estimate of drug-likeness (QED) is 0.0144. The molecular weight excluding hydrogens is 997 g/mol. The van der Waals surface area contributed by atoms with Gasteiger partial charge in [0.2, 0.25) is 6.29 Å². The van der Waals surface area contributed by atoms with E-state index in [9.17, 15) is 48.1 Å². The number of aliphatic hydroxyl groups is 5. The highest BCUT2D eigenvalue weighted by Crippen LogP contribution is 2.34. The third-order valence-electron chi connectivity index (χ3n) is 15.4. The Kier molecular flexibility index (Phi) is 38.2. The van der Waals surface area contributed by atoms with Crippen LogP contribution < -0.4 is 0 Å². The van der Waals surface area contributed by atoms with Gasteiger partial charge in [-0.3, -0.25) is 9.35 Å². The number of ether oxygens (including phenoxy) is 5. The van der Waals surface area contributed by atoms with Crippen LogP contribution in [0.4, 0.5) is 0 Å². The van der Waals surface area contributed by atoms with E-state index in [-0.39, 0.29) is 17.9 Å². The van der Waals surface area contributed by atoms with E-state index in [0.29, 0.717) is 24.2 Å². The normalized spacial score (nSPS) is 26.0. The van der Waals surface area contributed by atoms with Crippen LogP contribution in [0.15, 0.2) is 11.6 Å². The largest absolute Gasteiger partial charge is 0.453 e. The van der Waals surface area contributed by atoms with E-state index in [0.717, 1.165) is 44.9 Å². The first-order chi connectivity index (χ1) is 36.3. The molecule has 2 saturated heterocycles. The van der Waals surface area contributed by atoms with Gasteiger partial charge in [-0.25, -0.2) is 8.98 Å². The van der Waals surface area contributed by atoms with E-state index >= 15 is 0 Å². The minimum atomic E-state index is -5.31. The van der Waals surface area contributed by atoms with Gasteiger partial charge in [0.25, 0.3) is 0 Å². The van der Waals surface area contributed by atoms with Gasteiger partial charge >= 0.3 is 22.3 Å². The van der Waals surface area contributed by atoms with Gasteiger partial charge in [-0.15, -0.1) is 0 Å². The molecule has 0 unspecified atom stereocenters. The molecule has 0 aromatic carbocycles. The standard InChI is InChI=1S/C59H110O16S/c1-8-10-12-14-16-18-20-22-24-25-27-29-31-33-35-43(3)37-44(4)38-45(5)39-46(6)40-47(7)57(66)73-54-52(64)49(42-61)71-59(74-58-55(75-76(67,68)69)53(65)51(63)48(41-60)70-58)56(54)72-50(62)36-34-32-30-28-26-23-21-19-17-15-13-11-9-2/h40,43-46,48-49,51-56,58-61,63-65H,8-39,41-42H2,1-7H3,(H,67,68,69)/b47-40+/t43-,44-,45-,46-,48+,49+,51+,52+,53-,54-,55+,56+,58+,59+/m0/s1. The Hall–Kier alpha value is -1.77. The lowest BCUT2D eigenvalue weighted by atomic mass is 9.84. The maximum absolute atomic E-state index is 13.9. The average molecular weight is 1110 g/mol. The highest BCUT2D eigenvalue weighted by Gasteiger charge is 2.54. The third-order valence-corrected chi connectivity index (χ3v) is 15.9. The molecule has 0 amide bonds. The van der Waals surface area contributed by atoms with Crippen LogP contribution in [0.5, 0.6) is 0 Å². The van der Waals surface area contributed by atoms with E-state index in [1.54, 1.807) is 13.0 Å². The van der Waals surface area contributed by atoms with Gasteiger partial charge in [0.05, 0.1) is 13.2 Å². The molecule has 0 aliphatic carbocycles. The SMILES string of the molecule is CCCCCCCCCCCCCCCC[C@H](C)C[C@H](C)C[C@H](C)C[C@H](C)/C=C(\C)C(=O)O[C@H]1[C@H](O)[C@@H](CO)O[C@H](O[C@H]2O[C@H](CO)[C@@H](O)[C@H](O)[C@H]2OS(=O)(=O)O)[C@@H]1OC(=O)CCCCCCCCCCCCCCC. The number of carbonyl (C=O) groups excluding carboxylic acids is 2. The van der Waals surface area contributed by atoms with Crippen LogP contribution in [-0.4, -0.2) is 125 Å². The molecule has 0 saturated carbocycles. The summed E-state index contributed by atoms with van der Waals surface area (Å²) in [6.07, 6.45) is 20.9. The van der Waals surface area contributed by atoms with Crippen molar-refractivity contribution in [2.24, 2.45) is 23.7 Å². The molecule has 0 aromatic rings. The summed E-state index contributed by atoms with van der Waals surface area (Å²) in [6.45, 7) is 13.3. The van der Waals surface area contributed by atoms with E-state index in [4.69, 9.17) is 23.7 Å². The van der Waals surface area contributed by atoms with E-state index in [1.165, 1.54) is 148 Å². The minimum Gasteiger partial charge on any atom is -0.453 e. The summed E-state index contributed by atoms with van der Waals surface area (Å²) in [6, 6.07) is 0. The summed E-state index contributed by atoms with van der Waals surface area (Å²) < 4.78 is 67.0. The average Bonchev–Trinajstić information content (AvgIpc) is 3.36. The lowest BCUT2D eigenvalue weighted by Crippen LogP contribution is -2.65. The Morgan fingerprint density at radius 2 is 0.934 bits per heavy atom. The van der Waals surface area contributed by atoms with Crippen molar-refractivity contribution in [2.75, 3.05) is 13.2 Å². The zero-order chi connectivity index (χ0) is 56.3. The molecule has 2 heterocycles. The molecule has 14 atom stereocenters. The molecule has 448 valence electrons. The fraction of sp³-hybridized carbons (Fsp3) is 0.932. The number of hydrogen-bond acceptors (Lipinski definition) is 15. The molecule has 0 bridgehead atoms. The van der Waals surface area contributed by atoms with E-state index < -0.39 is 97.0 Å². The second kappa shape index (κ2) is 41.3. The summed E-state index contributed by atoms with van der Waals surface area (Å²) >= 11 is 0. The molecule has 2 fully saturated rings. The maximum Gasteiger partial charge on any atom is 0.397 e. The molecule has 0 spiro atoms. The number of carbonyl (C=O) groups is 2. The minimum absolute atomic E-state index is 0.0259. The van der Waals surface area contributed by atoms with Crippen molar-refractivity contribution in [3.8, 4) is 0 Å². The summed E-state index contributed by atoms with van der Waals surface area (Å²) in [7, 11) is -5.31. The zero-order valence-electron chi connectivity index (χ0n) is 48.4. The monoisotopic (exact) mass is 1110 g/mol. The van der Waals surface area contributed by atoms with Crippen molar-refractivity contribution >= 4 is 22.3 Å². The molecule has 6 N–H and O–H groups in total. The van der Waals surface area contributed by atoms with Gasteiger partial charge in [0, 0.05) is 12.0 Å². The Bertz CT molecular complexity index is 1630. The molecule has 0 aromatic heterocycles. The fourth-order valence-electron chi connectivity index (χ4n) is 11.2. The van der Waals surface area contributed by atoms with Crippen LogP contribution in [0.2, 0.25) is 0 Å². The topological polar surface area (TPSA) is 245 Å². The maximum atomic E-state index is 13.9. The van der Waals surface area contributed by atoms with Crippen molar-refractivity contribution in [3.05, 3.63) is 11.6 Å². The van der Waals surface area contributed by atoms with Crippen molar-refractivity contribution in [2.45, 2.75) is 315 Å². The second-order valence-corrected chi connectivity index (χ2v) is 24.1. The lowest BCUT2D eigenvalue weighted by Gasteiger charge is -2.46.